The standard InChI is InChI=1S/C15H17N3O/c1-2-16-14-9-15(18-10-17-14)19-13-7-6-11-4-3-5-12(11)8-13/h6-10H,2-5H2,1H3,(H,16,17,18). The fourth-order valence-electron chi connectivity index (χ4n) is 2.41. The Bertz CT molecular complexity index is 583. The van der Waals surface area contributed by atoms with Crippen molar-refractivity contribution >= 4 is 5.82 Å². The third kappa shape index (κ3) is 2.67. The molecular weight excluding hydrogens is 238 g/mol. The molecule has 2 aromatic rings. The van der Waals surface area contributed by atoms with Gasteiger partial charge in [-0.15, -0.1) is 0 Å². The van der Waals surface area contributed by atoms with Gasteiger partial charge in [-0.25, -0.2) is 9.97 Å². The Morgan fingerprint density at radius 3 is 2.95 bits per heavy atom. The van der Waals surface area contributed by atoms with Crippen molar-refractivity contribution < 1.29 is 4.74 Å². The second-order valence-electron chi connectivity index (χ2n) is 4.66. The summed E-state index contributed by atoms with van der Waals surface area (Å²) in [6.07, 6.45) is 5.10. The molecule has 0 spiro atoms. The lowest BCUT2D eigenvalue weighted by Gasteiger charge is -2.08. The number of aryl methyl sites for hydroxylation is 2. The van der Waals surface area contributed by atoms with E-state index in [1.54, 1.807) is 0 Å². The minimum atomic E-state index is 0.573. The zero-order valence-corrected chi connectivity index (χ0v) is 11.0. The fraction of sp³-hybridized carbons (Fsp3) is 0.333. The molecule has 4 nitrogen and oxygen atoms in total. The number of anilines is 1. The number of nitrogens with zero attached hydrogens (tertiary/aromatic N) is 2. The Labute approximate surface area is 112 Å². The predicted molar refractivity (Wildman–Crippen MR) is 74.7 cm³/mol. The predicted octanol–water partition coefficient (Wildman–Crippen LogP) is 3.19. The molecule has 0 fully saturated rings. The summed E-state index contributed by atoms with van der Waals surface area (Å²) in [4.78, 5) is 8.26. The Hall–Kier alpha value is -2.10. The lowest BCUT2D eigenvalue weighted by Crippen LogP contribution is -2.00. The van der Waals surface area contributed by atoms with Crippen molar-refractivity contribution in [2.45, 2.75) is 26.2 Å². The van der Waals surface area contributed by atoms with Crippen LogP contribution >= 0.6 is 0 Å². The summed E-state index contributed by atoms with van der Waals surface area (Å²) < 4.78 is 5.80. The number of hydrogen-bond donors (Lipinski definition) is 1. The molecule has 0 saturated heterocycles. The van der Waals surface area contributed by atoms with Crippen molar-refractivity contribution in [3.63, 3.8) is 0 Å². The zero-order valence-electron chi connectivity index (χ0n) is 11.0. The van der Waals surface area contributed by atoms with E-state index >= 15 is 0 Å². The third-order valence-electron chi connectivity index (χ3n) is 3.29. The minimum absolute atomic E-state index is 0.573. The Kier molecular flexibility index (Phi) is 3.31. The molecule has 3 rings (SSSR count). The molecule has 0 atom stereocenters. The average molecular weight is 255 g/mol. The van der Waals surface area contributed by atoms with Crippen molar-refractivity contribution in [3.8, 4) is 11.6 Å². The van der Waals surface area contributed by atoms with Crippen molar-refractivity contribution in [2.24, 2.45) is 0 Å². The molecule has 1 aromatic carbocycles. The molecule has 1 aliphatic rings. The van der Waals surface area contributed by atoms with Gasteiger partial charge in [0.15, 0.2) is 0 Å². The SMILES string of the molecule is CCNc1cc(Oc2ccc3c(c2)CCC3)ncn1. The Morgan fingerprint density at radius 1 is 1.16 bits per heavy atom. The number of fused-ring (bicyclic) bond motifs is 1. The van der Waals surface area contributed by atoms with Crippen LogP contribution in [0.1, 0.15) is 24.5 Å². The molecule has 98 valence electrons. The van der Waals surface area contributed by atoms with Gasteiger partial charge in [0, 0.05) is 12.6 Å². The first-order valence-corrected chi connectivity index (χ1v) is 6.71. The topological polar surface area (TPSA) is 47.0 Å². The molecular formula is C15H17N3O. The average Bonchev–Trinajstić information content (AvgIpc) is 2.87. The van der Waals surface area contributed by atoms with Gasteiger partial charge in [0.2, 0.25) is 5.88 Å². The summed E-state index contributed by atoms with van der Waals surface area (Å²) >= 11 is 0. The molecule has 1 aromatic heterocycles. The highest BCUT2D eigenvalue weighted by Gasteiger charge is 2.11. The van der Waals surface area contributed by atoms with Crippen LogP contribution in [-0.4, -0.2) is 16.5 Å². The number of benzene rings is 1. The molecule has 4 heteroatoms. The van der Waals surface area contributed by atoms with Crippen LogP contribution in [0.25, 0.3) is 0 Å². The van der Waals surface area contributed by atoms with Crippen LogP contribution in [-0.2, 0) is 12.8 Å². The van der Waals surface area contributed by atoms with Crippen LogP contribution in [0.2, 0.25) is 0 Å². The molecule has 0 amide bonds. The van der Waals surface area contributed by atoms with E-state index < -0.39 is 0 Å². The van der Waals surface area contributed by atoms with Crippen LogP contribution in [0.4, 0.5) is 5.82 Å². The monoisotopic (exact) mass is 255 g/mol. The maximum atomic E-state index is 5.80. The van der Waals surface area contributed by atoms with Crippen molar-refractivity contribution in [2.75, 3.05) is 11.9 Å². The Balaban J connectivity index is 1.79. The number of nitrogens with one attached hydrogen (secondary N) is 1. The maximum Gasteiger partial charge on any atom is 0.224 e. The summed E-state index contributed by atoms with van der Waals surface area (Å²) in [6, 6.07) is 8.11. The van der Waals surface area contributed by atoms with Gasteiger partial charge in [-0.1, -0.05) is 6.07 Å². The number of hydrogen-bond acceptors (Lipinski definition) is 4. The molecule has 1 aliphatic carbocycles. The van der Waals surface area contributed by atoms with E-state index in [0.29, 0.717) is 5.88 Å². The van der Waals surface area contributed by atoms with E-state index in [4.69, 9.17) is 4.74 Å². The lowest BCUT2D eigenvalue weighted by molar-refractivity contribution is 0.461. The van der Waals surface area contributed by atoms with Crippen LogP contribution in [0.3, 0.4) is 0 Å². The summed E-state index contributed by atoms with van der Waals surface area (Å²) in [7, 11) is 0. The normalized spacial score (nSPS) is 13.1. The van der Waals surface area contributed by atoms with Gasteiger partial charge in [0.05, 0.1) is 0 Å². The molecule has 19 heavy (non-hydrogen) atoms. The highest BCUT2D eigenvalue weighted by Crippen LogP contribution is 2.28. The van der Waals surface area contributed by atoms with Gasteiger partial charge in [0.25, 0.3) is 0 Å². The highest BCUT2D eigenvalue weighted by atomic mass is 16.5. The van der Waals surface area contributed by atoms with Crippen LogP contribution < -0.4 is 10.1 Å². The molecule has 0 saturated carbocycles. The van der Waals surface area contributed by atoms with Gasteiger partial charge in [-0.3, -0.25) is 0 Å². The first kappa shape index (κ1) is 12.0. The third-order valence-corrected chi connectivity index (χ3v) is 3.29. The van der Waals surface area contributed by atoms with Gasteiger partial charge in [-0.05, 0) is 49.4 Å². The molecule has 0 bridgehead atoms. The van der Waals surface area contributed by atoms with Gasteiger partial charge < -0.3 is 10.1 Å². The van der Waals surface area contributed by atoms with Gasteiger partial charge in [-0.2, -0.15) is 0 Å². The van der Waals surface area contributed by atoms with E-state index in [1.165, 1.54) is 30.3 Å². The number of ether oxygens (including phenoxy) is 1. The van der Waals surface area contributed by atoms with E-state index in [9.17, 15) is 0 Å². The Morgan fingerprint density at radius 2 is 2.05 bits per heavy atom. The number of aromatic nitrogens is 2. The maximum absolute atomic E-state index is 5.80. The molecule has 0 radical (unpaired) electrons. The van der Waals surface area contributed by atoms with Crippen molar-refractivity contribution in [1.82, 2.24) is 9.97 Å². The van der Waals surface area contributed by atoms with Crippen LogP contribution in [0.15, 0.2) is 30.6 Å². The second kappa shape index (κ2) is 5.26. The smallest absolute Gasteiger partial charge is 0.224 e. The molecule has 0 aliphatic heterocycles. The second-order valence-corrected chi connectivity index (χ2v) is 4.66. The van der Waals surface area contributed by atoms with Crippen molar-refractivity contribution in [1.29, 1.82) is 0 Å². The summed E-state index contributed by atoms with van der Waals surface area (Å²) in [5.41, 5.74) is 2.85. The lowest BCUT2D eigenvalue weighted by atomic mass is 10.1. The van der Waals surface area contributed by atoms with Crippen molar-refractivity contribution in [3.05, 3.63) is 41.7 Å². The molecule has 1 heterocycles. The quantitative estimate of drug-likeness (QED) is 0.911. The largest absolute Gasteiger partial charge is 0.439 e. The van der Waals surface area contributed by atoms with Gasteiger partial charge in [0.1, 0.15) is 17.9 Å². The zero-order chi connectivity index (χ0) is 13.1. The minimum Gasteiger partial charge on any atom is -0.439 e. The van der Waals surface area contributed by atoms with E-state index in [-0.39, 0.29) is 0 Å². The molecule has 1 N–H and O–H groups in total. The van der Waals surface area contributed by atoms with E-state index in [2.05, 4.69) is 27.4 Å². The van der Waals surface area contributed by atoms with Crippen LogP contribution in [0, 0.1) is 0 Å². The first-order chi connectivity index (χ1) is 9.35. The van der Waals surface area contributed by atoms with E-state index in [1.807, 2.05) is 19.1 Å². The summed E-state index contributed by atoms with van der Waals surface area (Å²) in [5.74, 6) is 2.21. The van der Waals surface area contributed by atoms with E-state index in [0.717, 1.165) is 24.5 Å². The van der Waals surface area contributed by atoms with Crippen LogP contribution in [0.5, 0.6) is 11.6 Å². The molecule has 0 unspecified atom stereocenters. The summed E-state index contributed by atoms with van der Waals surface area (Å²) in [5, 5.41) is 3.14. The van der Waals surface area contributed by atoms with Gasteiger partial charge >= 0.3 is 0 Å². The first-order valence-electron chi connectivity index (χ1n) is 6.71. The summed E-state index contributed by atoms with van der Waals surface area (Å²) in [6.45, 7) is 2.86. The number of rotatable bonds is 4. The highest BCUT2D eigenvalue weighted by molar-refractivity contribution is 5.42. The fourth-order valence-corrected chi connectivity index (χ4v) is 2.41.